The van der Waals surface area contributed by atoms with Crippen LogP contribution in [0.15, 0.2) is 12.7 Å². The number of unbranched alkanes of at least 4 members (excludes halogenated alkanes) is 25. The number of carbonyl (C=O) groups is 1. The van der Waals surface area contributed by atoms with Gasteiger partial charge in [-0.3, -0.25) is 0 Å². The molecule has 0 bridgehead atoms. The summed E-state index contributed by atoms with van der Waals surface area (Å²) in [5, 5.41) is 5.24. The number of hydrazine groups is 1. The molecular formula is C59H120KN2O-. The van der Waals surface area contributed by atoms with E-state index < -0.39 is 0 Å². The molecule has 1 aliphatic heterocycles. The van der Waals surface area contributed by atoms with E-state index in [0.29, 0.717) is 0 Å². The average Bonchev–Trinajstić information content (AvgIpc) is 3.84. The van der Waals surface area contributed by atoms with E-state index in [4.69, 9.17) is 0 Å². The first-order valence-electron chi connectivity index (χ1n) is 28.5. The monoisotopic (exact) mass is 912 g/mol. The van der Waals surface area contributed by atoms with E-state index in [1.807, 2.05) is 6.08 Å². The smallest absolute Gasteiger partial charge is 0.343 e. The minimum Gasteiger partial charge on any atom is -0.343 e. The molecule has 0 aliphatic carbocycles. The van der Waals surface area contributed by atoms with Gasteiger partial charge in [0, 0.05) is 32.6 Å². The van der Waals surface area contributed by atoms with Gasteiger partial charge in [0.25, 0.3) is 0 Å². The Morgan fingerprint density at radius 1 is 0.492 bits per heavy atom. The van der Waals surface area contributed by atoms with Gasteiger partial charge in [-0.15, -0.1) is 6.58 Å². The van der Waals surface area contributed by atoms with Crippen molar-refractivity contribution < 1.29 is 56.2 Å². The molecule has 1 rings (SSSR count). The Kier molecular flexibility index (Phi) is 70.5. The largest absolute Gasteiger partial charge is 1.00 e. The molecule has 374 valence electrons. The second-order valence-corrected chi connectivity index (χ2v) is 19.5. The quantitative estimate of drug-likeness (QED) is 0.0200. The molecule has 3 unspecified atom stereocenters. The van der Waals surface area contributed by atoms with E-state index in [9.17, 15) is 4.79 Å². The van der Waals surface area contributed by atoms with E-state index in [0.717, 1.165) is 43.4 Å². The molecule has 1 aliphatic rings. The fourth-order valence-corrected chi connectivity index (χ4v) is 8.84. The molecule has 3 atom stereocenters. The van der Waals surface area contributed by atoms with Gasteiger partial charge in [-0.2, -0.15) is 12.3 Å². The van der Waals surface area contributed by atoms with E-state index in [1.165, 1.54) is 264 Å². The first-order chi connectivity index (χ1) is 30.4. The average molecular weight is 913 g/mol. The molecule has 0 amide bonds. The van der Waals surface area contributed by atoms with Crippen LogP contribution in [0.5, 0.6) is 0 Å². The molecule has 63 heavy (non-hydrogen) atoms. The summed E-state index contributed by atoms with van der Waals surface area (Å²) in [6, 6.07) is 0.779. The Morgan fingerprint density at radius 2 is 0.857 bits per heavy atom. The Morgan fingerprint density at radius 3 is 1.32 bits per heavy atom. The minimum absolute atomic E-state index is 0. The number of allylic oxidation sites excluding steroid dienone is 1. The van der Waals surface area contributed by atoms with E-state index in [2.05, 4.69) is 79.0 Å². The van der Waals surface area contributed by atoms with Crippen LogP contribution in [0.4, 0.5) is 0 Å². The molecule has 4 heteroatoms. The van der Waals surface area contributed by atoms with Crippen molar-refractivity contribution in [3.05, 3.63) is 26.5 Å². The molecule has 0 spiro atoms. The maximum absolute atomic E-state index is 10.4. The van der Waals surface area contributed by atoms with Crippen LogP contribution >= 0.6 is 0 Å². The van der Waals surface area contributed by atoms with Gasteiger partial charge in [0.1, 0.15) is 6.29 Å². The number of rotatable bonds is 43. The van der Waals surface area contributed by atoms with Crippen LogP contribution < -0.4 is 51.4 Å². The van der Waals surface area contributed by atoms with Crippen molar-refractivity contribution in [2.75, 3.05) is 20.1 Å². The third-order valence-electron chi connectivity index (χ3n) is 13.3. The fraction of sp³-hybridized carbons (Fsp3) is 0.915. The van der Waals surface area contributed by atoms with E-state index >= 15 is 0 Å². The Bertz CT molecular complexity index is 800. The van der Waals surface area contributed by atoms with E-state index in [1.54, 1.807) is 0 Å². The summed E-state index contributed by atoms with van der Waals surface area (Å²) < 4.78 is 0. The van der Waals surface area contributed by atoms with Crippen molar-refractivity contribution >= 4 is 6.29 Å². The third kappa shape index (κ3) is 57.2. The van der Waals surface area contributed by atoms with Gasteiger partial charge in [0.05, 0.1) is 0 Å². The summed E-state index contributed by atoms with van der Waals surface area (Å²) in [6.07, 6.45) is 59.8. The second kappa shape index (κ2) is 63.0. The molecule has 1 heterocycles. The van der Waals surface area contributed by atoms with Gasteiger partial charge in [-0.1, -0.05) is 260 Å². The zero-order valence-corrected chi connectivity index (χ0v) is 48.5. The summed E-state index contributed by atoms with van der Waals surface area (Å²) >= 11 is 0. The SMILES string of the molecule is C=CCCCCCCCC.CCCCCCC(CCC=O)CCCC.[CH2-]C(CCCC)CCCCCC.[CH2-]CCCCCCCC(CCCCCCCCC)N(C)N1CCCC1.[K+]. The maximum atomic E-state index is 10.4. The van der Waals surface area contributed by atoms with Crippen molar-refractivity contribution in [2.45, 2.75) is 317 Å². The molecule has 1 saturated heterocycles. The van der Waals surface area contributed by atoms with Gasteiger partial charge in [-0.25, -0.2) is 10.0 Å². The maximum Gasteiger partial charge on any atom is 1.00 e. The standard InChI is InChI=1S/C23H47N2.C14H28O.C12H25.C10H20.K/c1-4-6-8-10-12-14-16-20-23(19-15-13-11-9-7-5-2)24(3)25-21-17-18-22-25;1-3-5-7-8-11-14(10-6-4-2)12-9-13-15;1-4-6-8-9-11-12(3)10-7-5-2;1-3-5-7-9-10-8-6-4-2;/h23H,2,4-22H2,1,3H3;13-14H,3-12H2,1-2H3;12H,3-11H2,1-2H3;3H,1,4-10H2,2H3;/q-1;;-1;;+1. The predicted molar refractivity (Wildman–Crippen MR) is 285 cm³/mol. The fourth-order valence-electron chi connectivity index (χ4n) is 8.84. The predicted octanol–water partition coefficient (Wildman–Crippen LogP) is 17.3. The van der Waals surface area contributed by atoms with Crippen molar-refractivity contribution in [3.63, 3.8) is 0 Å². The molecule has 0 aromatic heterocycles. The minimum atomic E-state index is 0. The second-order valence-electron chi connectivity index (χ2n) is 19.5. The van der Waals surface area contributed by atoms with Crippen molar-refractivity contribution in [1.82, 2.24) is 10.0 Å². The van der Waals surface area contributed by atoms with Crippen molar-refractivity contribution in [2.24, 2.45) is 11.8 Å². The molecular weight excluding hydrogens is 792 g/mol. The number of carbonyl (C=O) groups excluding carboxylic acids is 1. The summed E-state index contributed by atoms with van der Waals surface area (Å²) in [5.74, 6) is 1.54. The molecule has 0 radical (unpaired) electrons. The normalized spacial score (nSPS) is 13.7. The molecule has 0 aromatic rings. The Balaban J connectivity index is -0.000000394. The van der Waals surface area contributed by atoms with Crippen LogP contribution in [0.3, 0.4) is 0 Å². The third-order valence-corrected chi connectivity index (χ3v) is 13.3. The van der Waals surface area contributed by atoms with Crippen LogP contribution in [-0.4, -0.2) is 42.5 Å². The van der Waals surface area contributed by atoms with E-state index in [-0.39, 0.29) is 51.4 Å². The van der Waals surface area contributed by atoms with Gasteiger partial charge in [-0.05, 0) is 50.9 Å². The summed E-state index contributed by atoms with van der Waals surface area (Å²) in [4.78, 5) is 10.4. The van der Waals surface area contributed by atoms with Crippen LogP contribution in [0.2, 0.25) is 0 Å². The van der Waals surface area contributed by atoms with Gasteiger partial charge >= 0.3 is 51.4 Å². The Labute approximate surface area is 444 Å². The topological polar surface area (TPSA) is 23.6 Å². The molecule has 3 nitrogen and oxygen atoms in total. The number of hydrogen-bond donors (Lipinski definition) is 0. The van der Waals surface area contributed by atoms with Gasteiger partial charge in [0.2, 0.25) is 0 Å². The number of aldehydes is 1. The molecule has 0 aromatic carbocycles. The molecule has 0 N–H and O–H groups in total. The van der Waals surface area contributed by atoms with Crippen LogP contribution in [-0.2, 0) is 4.79 Å². The van der Waals surface area contributed by atoms with Crippen LogP contribution in [0.25, 0.3) is 0 Å². The number of hydrogen-bond acceptors (Lipinski definition) is 3. The van der Waals surface area contributed by atoms with Crippen molar-refractivity contribution in [3.8, 4) is 0 Å². The first kappa shape index (κ1) is 70.5. The summed E-state index contributed by atoms with van der Waals surface area (Å²) in [6.45, 7) is 28.0. The first-order valence-corrected chi connectivity index (χ1v) is 28.5. The summed E-state index contributed by atoms with van der Waals surface area (Å²) in [5.41, 5.74) is 0. The van der Waals surface area contributed by atoms with Gasteiger partial charge < -0.3 is 18.6 Å². The molecule has 0 saturated carbocycles. The van der Waals surface area contributed by atoms with Crippen LogP contribution in [0.1, 0.15) is 311 Å². The summed E-state index contributed by atoms with van der Waals surface area (Å²) in [7, 11) is 2.36. The zero-order chi connectivity index (χ0) is 46.4. The van der Waals surface area contributed by atoms with Gasteiger partial charge in [0.15, 0.2) is 0 Å². The van der Waals surface area contributed by atoms with Crippen LogP contribution in [0, 0.1) is 25.7 Å². The molecule has 1 fully saturated rings. The van der Waals surface area contributed by atoms with Crippen molar-refractivity contribution in [1.29, 1.82) is 0 Å². The zero-order valence-electron chi connectivity index (χ0n) is 45.4. The number of nitrogens with zero attached hydrogens (tertiary/aromatic N) is 2. The Hall–Kier alpha value is 0.966.